The summed E-state index contributed by atoms with van der Waals surface area (Å²) in [5.74, 6) is 0. The van der Waals surface area contributed by atoms with Gasteiger partial charge in [-0.3, -0.25) is 0 Å². The van der Waals surface area contributed by atoms with Crippen LogP contribution in [0.2, 0.25) is 5.02 Å². The van der Waals surface area contributed by atoms with Crippen molar-refractivity contribution < 1.29 is 13.2 Å². The fraction of sp³-hybridized carbons (Fsp3) is 0.462. The number of nitrogens with one attached hydrogen (secondary N) is 1. The van der Waals surface area contributed by atoms with Crippen LogP contribution in [0.25, 0.3) is 0 Å². The largest absolute Gasteiger partial charge is 0.389 e. The van der Waals surface area contributed by atoms with E-state index in [9.17, 15) is 8.42 Å². The van der Waals surface area contributed by atoms with E-state index in [1.165, 1.54) is 12.1 Å². The zero-order valence-electron chi connectivity index (χ0n) is 11.5. The summed E-state index contributed by atoms with van der Waals surface area (Å²) >= 11 is 10.8. The zero-order chi connectivity index (χ0) is 15.6. The molecule has 1 aromatic carbocycles. The van der Waals surface area contributed by atoms with Gasteiger partial charge in [-0.2, -0.15) is 0 Å². The summed E-state index contributed by atoms with van der Waals surface area (Å²) < 4.78 is 32.8. The Morgan fingerprint density at radius 2 is 2.19 bits per heavy atom. The molecule has 0 bridgehead atoms. The molecule has 0 aliphatic heterocycles. The van der Waals surface area contributed by atoms with Crippen molar-refractivity contribution in [3.05, 3.63) is 28.8 Å². The second-order valence-electron chi connectivity index (χ2n) is 4.88. The van der Waals surface area contributed by atoms with Crippen LogP contribution in [-0.4, -0.2) is 32.2 Å². The molecule has 0 heterocycles. The topological polar surface area (TPSA) is 81.4 Å². The lowest BCUT2D eigenvalue weighted by Crippen LogP contribution is -2.47. The van der Waals surface area contributed by atoms with Gasteiger partial charge in [-0.15, -0.1) is 0 Å². The number of ether oxygens (including phenoxy) is 1. The van der Waals surface area contributed by atoms with Crippen LogP contribution in [0.5, 0.6) is 0 Å². The molecule has 116 valence electrons. The molecule has 0 aromatic heterocycles. The third-order valence-electron chi connectivity index (χ3n) is 3.32. The number of nitrogens with two attached hydrogens (primary N) is 1. The van der Waals surface area contributed by atoms with Crippen LogP contribution in [0.1, 0.15) is 25.3 Å². The number of hydrogen-bond donors (Lipinski definition) is 2. The van der Waals surface area contributed by atoms with Crippen LogP contribution in [0.15, 0.2) is 23.1 Å². The molecule has 5 nitrogen and oxygen atoms in total. The fourth-order valence-corrected chi connectivity index (χ4v) is 4.09. The second-order valence-corrected chi connectivity index (χ2v) is 7.41. The Morgan fingerprint density at radius 1 is 1.52 bits per heavy atom. The van der Waals surface area contributed by atoms with E-state index < -0.39 is 10.0 Å². The SMILES string of the molecule is CCOC1CC(NS(=O)(=O)c2cc(C(N)=S)ccc2Cl)C1. The smallest absolute Gasteiger partial charge is 0.242 e. The van der Waals surface area contributed by atoms with E-state index in [1.54, 1.807) is 6.07 Å². The minimum atomic E-state index is -3.70. The lowest BCUT2D eigenvalue weighted by molar-refractivity contribution is -0.00475. The third-order valence-corrected chi connectivity index (χ3v) is 5.56. The lowest BCUT2D eigenvalue weighted by Gasteiger charge is -2.35. The monoisotopic (exact) mass is 348 g/mol. The molecular formula is C13H17ClN2O3S2. The molecule has 3 N–H and O–H groups in total. The molecule has 0 saturated heterocycles. The van der Waals surface area contributed by atoms with E-state index in [-0.39, 0.29) is 27.1 Å². The van der Waals surface area contributed by atoms with Gasteiger partial charge in [0.25, 0.3) is 0 Å². The number of halogens is 1. The van der Waals surface area contributed by atoms with E-state index in [0.29, 0.717) is 25.0 Å². The first-order valence-corrected chi connectivity index (χ1v) is 8.83. The predicted molar refractivity (Wildman–Crippen MR) is 86.1 cm³/mol. The van der Waals surface area contributed by atoms with Gasteiger partial charge in [0.1, 0.15) is 9.88 Å². The van der Waals surface area contributed by atoms with E-state index in [2.05, 4.69) is 4.72 Å². The Bertz CT molecular complexity index is 643. The van der Waals surface area contributed by atoms with Crippen molar-refractivity contribution in [3.63, 3.8) is 0 Å². The molecule has 8 heteroatoms. The van der Waals surface area contributed by atoms with Crippen molar-refractivity contribution in [2.75, 3.05) is 6.61 Å². The highest BCUT2D eigenvalue weighted by Gasteiger charge is 2.33. The number of sulfonamides is 1. The van der Waals surface area contributed by atoms with Gasteiger partial charge in [-0.1, -0.05) is 29.9 Å². The summed E-state index contributed by atoms with van der Waals surface area (Å²) in [6, 6.07) is 4.34. The third kappa shape index (κ3) is 3.92. The van der Waals surface area contributed by atoms with Gasteiger partial charge in [0, 0.05) is 18.2 Å². The standard InChI is InChI=1S/C13H17ClN2O3S2/c1-2-19-10-6-9(7-10)16-21(17,18)12-5-8(13(15)20)3-4-11(12)14/h3-5,9-10,16H,2,6-7H2,1H3,(H2,15,20). The predicted octanol–water partition coefficient (Wildman–Crippen LogP) is 1.82. The number of benzene rings is 1. The van der Waals surface area contributed by atoms with Crippen LogP contribution in [-0.2, 0) is 14.8 Å². The molecule has 2 rings (SSSR count). The molecular weight excluding hydrogens is 332 g/mol. The molecule has 0 unspecified atom stereocenters. The minimum Gasteiger partial charge on any atom is -0.389 e. The number of rotatable bonds is 6. The maximum absolute atomic E-state index is 12.4. The van der Waals surface area contributed by atoms with Crippen LogP contribution in [0, 0.1) is 0 Å². The van der Waals surface area contributed by atoms with Gasteiger partial charge >= 0.3 is 0 Å². The van der Waals surface area contributed by atoms with Crippen molar-refractivity contribution in [1.82, 2.24) is 4.72 Å². The number of hydrogen-bond acceptors (Lipinski definition) is 4. The van der Waals surface area contributed by atoms with Gasteiger partial charge in [-0.05, 0) is 31.9 Å². The Morgan fingerprint density at radius 3 is 2.76 bits per heavy atom. The molecule has 1 aliphatic carbocycles. The molecule has 1 saturated carbocycles. The number of thiocarbonyl (C=S) groups is 1. The van der Waals surface area contributed by atoms with Crippen molar-refractivity contribution in [2.45, 2.75) is 36.8 Å². The molecule has 0 atom stereocenters. The Kier molecular flexibility index (Phi) is 5.21. The van der Waals surface area contributed by atoms with E-state index in [1.807, 2.05) is 6.92 Å². The van der Waals surface area contributed by atoms with E-state index in [0.717, 1.165) is 0 Å². The van der Waals surface area contributed by atoms with Gasteiger partial charge in [-0.25, -0.2) is 13.1 Å². The summed E-state index contributed by atoms with van der Waals surface area (Å²) in [5.41, 5.74) is 5.99. The Hall–Kier alpha value is -0.730. The van der Waals surface area contributed by atoms with Crippen molar-refractivity contribution >= 4 is 38.8 Å². The van der Waals surface area contributed by atoms with Gasteiger partial charge in [0.15, 0.2) is 0 Å². The first kappa shape index (κ1) is 16.6. The molecule has 0 spiro atoms. The van der Waals surface area contributed by atoms with Crippen molar-refractivity contribution in [1.29, 1.82) is 0 Å². The quantitative estimate of drug-likeness (QED) is 0.766. The highest BCUT2D eigenvalue weighted by molar-refractivity contribution is 7.89. The van der Waals surface area contributed by atoms with Crippen LogP contribution in [0.4, 0.5) is 0 Å². The first-order chi connectivity index (χ1) is 9.83. The lowest BCUT2D eigenvalue weighted by atomic mass is 9.90. The second kappa shape index (κ2) is 6.58. The Labute approximate surface area is 134 Å². The van der Waals surface area contributed by atoms with Crippen molar-refractivity contribution in [2.24, 2.45) is 5.73 Å². The highest BCUT2D eigenvalue weighted by atomic mass is 35.5. The molecule has 1 fully saturated rings. The molecule has 1 aliphatic rings. The summed E-state index contributed by atoms with van der Waals surface area (Å²) in [7, 11) is -3.70. The summed E-state index contributed by atoms with van der Waals surface area (Å²) in [6.45, 7) is 2.55. The van der Waals surface area contributed by atoms with Crippen LogP contribution >= 0.6 is 23.8 Å². The molecule has 0 amide bonds. The van der Waals surface area contributed by atoms with Gasteiger partial charge < -0.3 is 10.5 Å². The minimum absolute atomic E-state index is 0.00525. The molecule has 0 radical (unpaired) electrons. The first-order valence-electron chi connectivity index (χ1n) is 6.56. The van der Waals surface area contributed by atoms with E-state index >= 15 is 0 Å². The normalized spacial score (nSPS) is 21.8. The maximum atomic E-state index is 12.4. The van der Waals surface area contributed by atoms with Gasteiger partial charge in [0.05, 0.1) is 11.1 Å². The summed E-state index contributed by atoms with van der Waals surface area (Å²) in [6.07, 6.45) is 1.46. The summed E-state index contributed by atoms with van der Waals surface area (Å²) in [4.78, 5) is 0.123. The van der Waals surface area contributed by atoms with Crippen LogP contribution < -0.4 is 10.5 Å². The average molecular weight is 349 g/mol. The zero-order valence-corrected chi connectivity index (χ0v) is 13.9. The molecule has 1 aromatic rings. The Balaban J connectivity index is 2.13. The summed E-state index contributed by atoms with van der Waals surface area (Å²) in [5, 5.41) is 0.142. The van der Waals surface area contributed by atoms with E-state index in [4.69, 9.17) is 34.3 Å². The fourth-order valence-electron chi connectivity index (χ4n) is 2.18. The average Bonchev–Trinajstić information content (AvgIpc) is 2.36. The molecule has 21 heavy (non-hydrogen) atoms. The maximum Gasteiger partial charge on any atom is 0.242 e. The van der Waals surface area contributed by atoms with Gasteiger partial charge in [0.2, 0.25) is 10.0 Å². The highest BCUT2D eigenvalue weighted by Crippen LogP contribution is 2.27. The van der Waals surface area contributed by atoms with Crippen molar-refractivity contribution in [3.8, 4) is 0 Å². The van der Waals surface area contributed by atoms with Crippen LogP contribution in [0.3, 0.4) is 0 Å².